The average molecular weight is 333 g/mol. The van der Waals surface area contributed by atoms with Crippen LogP contribution >= 0.6 is 11.3 Å². The molecule has 0 radical (unpaired) electrons. The summed E-state index contributed by atoms with van der Waals surface area (Å²) in [5.74, 6) is 0.858. The lowest BCUT2D eigenvalue weighted by atomic mass is 10.1. The monoisotopic (exact) mass is 333 g/mol. The van der Waals surface area contributed by atoms with E-state index in [9.17, 15) is 4.79 Å². The average Bonchev–Trinajstić information content (AvgIpc) is 2.97. The minimum atomic E-state index is -0.153. The van der Waals surface area contributed by atoms with Gasteiger partial charge in [0, 0.05) is 17.1 Å². The lowest BCUT2D eigenvalue weighted by Gasteiger charge is -2.14. The smallest absolute Gasteiger partial charge is 0.315 e. The summed E-state index contributed by atoms with van der Waals surface area (Å²) in [7, 11) is 1.66. The third-order valence-electron chi connectivity index (χ3n) is 3.47. The second-order valence-electron chi connectivity index (χ2n) is 5.50. The Bertz CT molecular complexity index is 625. The molecule has 2 amide bonds. The highest BCUT2D eigenvalue weighted by Crippen LogP contribution is 2.13. The summed E-state index contributed by atoms with van der Waals surface area (Å²) in [5, 5.41) is 8.69. The number of rotatable bonds is 7. The summed E-state index contributed by atoms with van der Waals surface area (Å²) in [6.45, 7) is 4.42. The van der Waals surface area contributed by atoms with Gasteiger partial charge in [0.05, 0.1) is 13.7 Å². The molecule has 1 atom stereocenters. The van der Waals surface area contributed by atoms with Crippen molar-refractivity contribution in [3.8, 4) is 5.75 Å². The van der Waals surface area contributed by atoms with Gasteiger partial charge in [0.1, 0.15) is 10.8 Å². The van der Waals surface area contributed by atoms with Crippen LogP contribution < -0.4 is 15.4 Å². The summed E-state index contributed by atoms with van der Waals surface area (Å²) in [6, 6.07) is 7.97. The number of nitrogens with one attached hydrogen (secondary N) is 2. The first-order valence-corrected chi connectivity index (χ1v) is 8.53. The van der Waals surface area contributed by atoms with Crippen molar-refractivity contribution in [3.63, 3.8) is 0 Å². The van der Waals surface area contributed by atoms with Gasteiger partial charge in [0.25, 0.3) is 0 Å². The number of benzene rings is 1. The highest BCUT2D eigenvalue weighted by Gasteiger charge is 2.08. The van der Waals surface area contributed by atoms with Gasteiger partial charge in [-0.05, 0) is 44.4 Å². The molecule has 2 rings (SSSR count). The molecule has 0 aliphatic rings. The van der Waals surface area contributed by atoms with E-state index in [-0.39, 0.29) is 12.1 Å². The van der Waals surface area contributed by atoms with Crippen molar-refractivity contribution in [2.24, 2.45) is 0 Å². The molecule has 0 aliphatic heterocycles. The minimum absolute atomic E-state index is 0.107. The van der Waals surface area contributed by atoms with Gasteiger partial charge in [-0.1, -0.05) is 12.1 Å². The highest BCUT2D eigenvalue weighted by molar-refractivity contribution is 7.09. The van der Waals surface area contributed by atoms with Crippen molar-refractivity contribution in [2.45, 2.75) is 39.3 Å². The molecule has 2 N–H and O–H groups in total. The Morgan fingerprint density at radius 1 is 1.35 bits per heavy atom. The van der Waals surface area contributed by atoms with E-state index in [1.165, 1.54) is 5.56 Å². The third-order valence-corrected chi connectivity index (χ3v) is 4.44. The molecule has 124 valence electrons. The number of ether oxygens (including phenoxy) is 1. The number of carbonyl (C=O) groups is 1. The van der Waals surface area contributed by atoms with E-state index in [1.54, 1.807) is 18.4 Å². The maximum Gasteiger partial charge on any atom is 0.315 e. The molecule has 1 heterocycles. The molecule has 0 saturated carbocycles. The minimum Gasteiger partial charge on any atom is -0.497 e. The molecule has 0 fully saturated rings. The van der Waals surface area contributed by atoms with Gasteiger partial charge < -0.3 is 15.4 Å². The van der Waals surface area contributed by atoms with Crippen LogP contribution in [-0.4, -0.2) is 24.2 Å². The molecule has 2 aromatic rings. The SMILES string of the molecule is COc1ccc(CC[C@H](C)NC(=O)NCc2nc(C)cs2)cc1. The van der Waals surface area contributed by atoms with E-state index in [0.717, 1.165) is 29.3 Å². The summed E-state index contributed by atoms with van der Waals surface area (Å²) in [5.41, 5.74) is 2.22. The Hall–Kier alpha value is -2.08. The van der Waals surface area contributed by atoms with Crippen LogP contribution in [0.3, 0.4) is 0 Å². The summed E-state index contributed by atoms with van der Waals surface area (Å²) < 4.78 is 5.14. The lowest BCUT2D eigenvalue weighted by molar-refractivity contribution is 0.237. The van der Waals surface area contributed by atoms with E-state index in [4.69, 9.17) is 4.74 Å². The Balaban J connectivity index is 1.68. The van der Waals surface area contributed by atoms with Crippen LogP contribution in [0, 0.1) is 6.92 Å². The number of aromatic nitrogens is 1. The molecule has 1 aromatic carbocycles. The predicted molar refractivity (Wildman–Crippen MR) is 93.0 cm³/mol. The molecule has 0 aliphatic carbocycles. The van der Waals surface area contributed by atoms with Crippen LogP contribution in [0.5, 0.6) is 5.75 Å². The summed E-state index contributed by atoms with van der Waals surface area (Å²) in [4.78, 5) is 16.2. The van der Waals surface area contributed by atoms with Crippen molar-refractivity contribution in [1.29, 1.82) is 0 Å². The van der Waals surface area contributed by atoms with Crippen molar-refractivity contribution in [2.75, 3.05) is 7.11 Å². The van der Waals surface area contributed by atoms with Crippen LogP contribution in [0.25, 0.3) is 0 Å². The van der Waals surface area contributed by atoms with Gasteiger partial charge in [-0.15, -0.1) is 11.3 Å². The second-order valence-corrected chi connectivity index (χ2v) is 6.44. The van der Waals surface area contributed by atoms with Gasteiger partial charge in [0.15, 0.2) is 0 Å². The zero-order valence-corrected chi connectivity index (χ0v) is 14.6. The Morgan fingerprint density at radius 2 is 2.09 bits per heavy atom. The molecule has 6 heteroatoms. The number of hydrogen-bond donors (Lipinski definition) is 2. The maximum absolute atomic E-state index is 11.9. The zero-order chi connectivity index (χ0) is 16.7. The van der Waals surface area contributed by atoms with E-state index in [0.29, 0.717) is 6.54 Å². The van der Waals surface area contributed by atoms with Crippen LogP contribution in [0.15, 0.2) is 29.6 Å². The van der Waals surface area contributed by atoms with Gasteiger partial charge in [-0.2, -0.15) is 0 Å². The Labute approximate surface area is 141 Å². The van der Waals surface area contributed by atoms with Crippen molar-refractivity contribution in [1.82, 2.24) is 15.6 Å². The second kappa shape index (κ2) is 8.53. The maximum atomic E-state index is 11.9. The number of thiazole rings is 1. The molecule has 23 heavy (non-hydrogen) atoms. The van der Waals surface area contributed by atoms with E-state index in [2.05, 4.69) is 27.8 Å². The van der Waals surface area contributed by atoms with Gasteiger partial charge in [-0.25, -0.2) is 9.78 Å². The number of urea groups is 1. The summed E-state index contributed by atoms with van der Waals surface area (Å²) >= 11 is 1.56. The Morgan fingerprint density at radius 3 is 2.70 bits per heavy atom. The third kappa shape index (κ3) is 5.90. The number of nitrogens with zero attached hydrogens (tertiary/aromatic N) is 1. The topological polar surface area (TPSA) is 63.2 Å². The van der Waals surface area contributed by atoms with Gasteiger partial charge in [0.2, 0.25) is 0 Å². The number of amides is 2. The summed E-state index contributed by atoms with van der Waals surface area (Å²) in [6.07, 6.45) is 1.80. The molecular weight excluding hydrogens is 310 g/mol. The first-order chi connectivity index (χ1) is 11.1. The van der Waals surface area contributed by atoms with Crippen LogP contribution in [0.4, 0.5) is 4.79 Å². The number of aryl methyl sites for hydroxylation is 2. The highest BCUT2D eigenvalue weighted by atomic mass is 32.1. The standard InChI is InChI=1S/C17H23N3O2S/c1-12(4-5-14-6-8-15(22-3)9-7-14)20-17(21)18-10-16-19-13(2)11-23-16/h6-9,11-12H,4-5,10H2,1-3H3,(H2,18,20,21)/t12-/m0/s1. The van der Waals surface area contributed by atoms with E-state index < -0.39 is 0 Å². The van der Waals surface area contributed by atoms with Crippen LogP contribution in [0.2, 0.25) is 0 Å². The number of hydrogen-bond acceptors (Lipinski definition) is 4. The fourth-order valence-corrected chi connectivity index (χ4v) is 2.87. The fourth-order valence-electron chi connectivity index (χ4n) is 2.16. The normalized spacial score (nSPS) is 11.8. The van der Waals surface area contributed by atoms with Crippen LogP contribution in [-0.2, 0) is 13.0 Å². The molecule has 0 bridgehead atoms. The molecule has 0 unspecified atom stereocenters. The van der Waals surface area contributed by atoms with Crippen molar-refractivity contribution >= 4 is 17.4 Å². The predicted octanol–water partition coefficient (Wildman–Crippen LogP) is 3.28. The molecule has 5 nitrogen and oxygen atoms in total. The zero-order valence-electron chi connectivity index (χ0n) is 13.8. The van der Waals surface area contributed by atoms with Crippen molar-refractivity contribution < 1.29 is 9.53 Å². The molecular formula is C17H23N3O2S. The lowest BCUT2D eigenvalue weighted by Crippen LogP contribution is -2.40. The molecule has 0 spiro atoms. The van der Waals surface area contributed by atoms with E-state index >= 15 is 0 Å². The molecule has 1 aromatic heterocycles. The van der Waals surface area contributed by atoms with E-state index in [1.807, 2.05) is 31.4 Å². The van der Waals surface area contributed by atoms with Gasteiger partial charge in [-0.3, -0.25) is 0 Å². The number of methoxy groups -OCH3 is 1. The van der Waals surface area contributed by atoms with Crippen LogP contribution in [0.1, 0.15) is 29.6 Å². The number of carbonyl (C=O) groups excluding carboxylic acids is 1. The first kappa shape index (κ1) is 17.3. The largest absolute Gasteiger partial charge is 0.497 e. The van der Waals surface area contributed by atoms with Gasteiger partial charge >= 0.3 is 6.03 Å². The fraction of sp³-hybridized carbons (Fsp3) is 0.412. The molecule has 0 saturated heterocycles. The quantitative estimate of drug-likeness (QED) is 0.817. The first-order valence-electron chi connectivity index (χ1n) is 7.65. The Kier molecular flexibility index (Phi) is 6.40. The van der Waals surface area contributed by atoms with Crippen molar-refractivity contribution in [3.05, 3.63) is 45.9 Å².